The molecule has 0 amide bonds. The molecule has 1 aliphatic carbocycles. The van der Waals surface area contributed by atoms with Gasteiger partial charge in [-0.05, 0) is 50.0 Å². The molecule has 0 spiro atoms. The summed E-state index contributed by atoms with van der Waals surface area (Å²) in [5.41, 5.74) is 6.73. The van der Waals surface area contributed by atoms with Crippen LogP contribution in [0.5, 0.6) is 0 Å². The van der Waals surface area contributed by atoms with E-state index in [4.69, 9.17) is 5.73 Å². The summed E-state index contributed by atoms with van der Waals surface area (Å²) in [4.78, 5) is 0. The minimum Gasteiger partial charge on any atom is -0.329 e. The maximum Gasteiger partial charge on any atom is 0.0304 e. The number of nitrogens with one attached hydrogen (secondary N) is 1. The lowest BCUT2D eigenvalue weighted by Crippen LogP contribution is -2.51. The van der Waals surface area contributed by atoms with Crippen molar-refractivity contribution in [1.82, 2.24) is 5.32 Å². The van der Waals surface area contributed by atoms with Crippen molar-refractivity contribution in [2.24, 2.45) is 17.1 Å². The Bertz CT molecular complexity index is 219. The Kier molecular flexibility index (Phi) is 5.46. The van der Waals surface area contributed by atoms with Gasteiger partial charge in [0.15, 0.2) is 0 Å². The van der Waals surface area contributed by atoms with Gasteiger partial charge in [0.25, 0.3) is 0 Å². The highest BCUT2D eigenvalue weighted by Crippen LogP contribution is 2.39. The zero-order valence-corrected chi connectivity index (χ0v) is 12.3. The molecule has 0 aromatic carbocycles. The second kappa shape index (κ2) is 6.19. The zero-order chi connectivity index (χ0) is 12.9. The van der Waals surface area contributed by atoms with Crippen molar-refractivity contribution < 1.29 is 0 Å². The van der Waals surface area contributed by atoms with Crippen LogP contribution >= 0.6 is 0 Å². The third-order valence-electron chi connectivity index (χ3n) is 4.54. The van der Waals surface area contributed by atoms with E-state index in [0.29, 0.717) is 5.41 Å². The van der Waals surface area contributed by atoms with Crippen LogP contribution in [-0.4, -0.2) is 18.6 Å². The Morgan fingerprint density at radius 1 is 1.24 bits per heavy atom. The average Bonchev–Trinajstić information content (AvgIpc) is 2.49. The predicted octanol–water partition coefficient (Wildman–Crippen LogP) is 3.31. The first kappa shape index (κ1) is 15.0. The van der Waals surface area contributed by atoms with Crippen molar-refractivity contribution in [1.29, 1.82) is 0 Å². The van der Waals surface area contributed by atoms with E-state index in [0.717, 1.165) is 19.0 Å². The minimum atomic E-state index is 0.232. The Balaban J connectivity index is 2.60. The van der Waals surface area contributed by atoms with Gasteiger partial charge in [-0.2, -0.15) is 0 Å². The zero-order valence-electron chi connectivity index (χ0n) is 12.3. The van der Waals surface area contributed by atoms with Crippen molar-refractivity contribution in [3.8, 4) is 0 Å². The summed E-state index contributed by atoms with van der Waals surface area (Å²) in [7, 11) is 0. The Morgan fingerprint density at radius 2 is 1.94 bits per heavy atom. The van der Waals surface area contributed by atoms with E-state index < -0.39 is 0 Å². The largest absolute Gasteiger partial charge is 0.329 e. The summed E-state index contributed by atoms with van der Waals surface area (Å²) >= 11 is 0. The predicted molar refractivity (Wildman–Crippen MR) is 76.1 cm³/mol. The molecule has 0 aliphatic heterocycles. The van der Waals surface area contributed by atoms with Gasteiger partial charge in [0.05, 0.1) is 0 Å². The molecule has 0 aromatic heterocycles. The molecule has 3 N–H and O–H groups in total. The molecular formula is C15H32N2. The molecule has 2 atom stereocenters. The molecule has 0 aromatic rings. The maximum atomic E-state index is 6.04. The number of nitrogens with two attached hydrogens (primary N) is 1. The number of hydrogen-bond acceptors (Lipinski definition) is 2. The number of rotatable bonds is 4. The highest BCUT2D eigenvalue weighted by Gasteiger charge is 2.34. The fraction of sp³-hybridized carbons (Fsp3) is 1.00. The van der Waals surface area contributed by atoms with E-state index in [1.807, 2.05) is 0 Å². The van der Waals surface area contributed by atoms with Gasteiger partial charge < -0.3 is 11.1 Å². The molecule has 1 aliphatic rings. The van der Waals surface area contributed by atoms with Gasteiger partial charge in [-0.1, -0.05) is 34.1 Å². The first-order chi connectivity index (χ1) is 7.93. The van der Waals surface area contributed by atoms with Gasteiger partial charge >= 0.3 is 0 Å². The van der Waals surface area contributed by atoms with Crippen molar-refractivity contribution in [3.63, 3.8) is 0 Å². The third-order valence-corrected chi connectivity index (χ3v) is 4.54. The fourth-order valence-electron chi connectivity index (χ4n) is 3.12. The van der Waals surface area contributed by atoms with Gasteiger partial charge in [0, 0.05) is 12.1 Å². The van der Waals surface area contributed by atoms with E-state index in [2.05, 4.69) is 33.0 Å². The molecule has 0 bridgehead atoms. The number of hydrogen-bond donors (Lipinski definition) is 2. The monoisotopic (exact) mass is 240 g/mol. The van der Waals surface area contributed by atoms with E-state index in [9.17, 15) is 0 Å². The minimum absolute atomic E-state index is 0.232. The fourth-order valence-corrected chi connectivity index (χ4v) is 3.12. The van der Waals surface area contributed by atoms with E-state index in [1.165, 1.54) is 38.5 Å². The summed E-state index contributed by atoms with van der Waals surface area (Å²) in [6.45, 7) is 11.3. The summed E-state index contributed by atoms with van der Waals surface area (Å²) in [5.74, 6) is 0.861. The standard InChI is InChI=1S/C15H32N2/c1-5-11-17-15(12-16)9-6-7-13(8-10-15)14(2,3)4/h13,17H,5-12,16H2,1-4H3. The molecule has 2 unspecified atom stereocenters. The van der Waals surface area contributed by atoms with Crippen LogP contribution in [0.1, 0.15) is 66.2 Å². The summed E-state index contributed by atoms with van der Waals surface area (Å²) in [5, 5.41) is 3.72. The van der Waals surface area contributed by atoms with Crippen LogP contribution in [-0.2, 0) is 0 Å². The SMILES string of the molecule is CCCNC1(CN)CCCC(C(C)(C)C)CC1. The van der Waals surface area contributed by atoms with Crippen LogP contribution < -0.4 is 11.1 Å². The van der Waals surface area contributed by atoms with Crippen LogP contribution in [0.2, 0.25) is 0 Å². The highest BCUT2D eigenvalue weighted by molar-refractivity contribution is 4.93. The summed E-state index contributed by atoms with van der Waals surface area (Å²) in [6.07, 6.45) is 7.75. The van der Waals surface area contributed by atoms with Crippen LogP contribution in [0.25, 0.3) is 0 Å². The van der Waals surface area contributed by atoms with E-state index >= 15 is 0 Å². The molecule has 0 heterocycles. The van der Waals surface area contributed by atoms with E-state index in [1.54, 1.807) is 0 Å². The van der Waals surface area contributed by atoms with Crippen LogP contribution in [0.3, 0.4) is 0 Å². The quantitative estimate of drug-likeness (QED) is 0.740. The summed E-state index contributed by atoms with van der Waals surface area (Å²) in [6, 6.07) is 0. The lowest BCUT2D eigenvalue weighted by Gasteiger charge is -2.34. The molecule has 2 nitrogen and oxygen atoms in total. The van der Waals surface area contributed by atoms with Gasteiger partial charge in [0.2, 0.25) is 0 Å². The summed E-state index contributed by atoms with van der Waals surface area (Å²) < 4.78 is 0. The Morgan fingerprint density at radius 3 is 2.47 bits per heavy atom. The normalized spacial score (nSPS) is 31.2. The molecule has 0 radical (unpaired) electrons. The first-order valence-corrected chi connectivity index (χ1v) is 7.38. The maximum absolute atomic E-state index is 6.04. The van der Waals surface area contributed by atoms with E-state index in [-0.39, 0.29) is 5.54 Å². The van der Waals surface area contributed by atoms with Crippen molar-refractivity contribution in [2.45, 2.75) is 71.8 Å². The first-order valence-electron chi connectivity index (χ1n) is 7.38. The molecule has 102 valence electrons. The van der Waals surface area contributed by atoms with Gasteiger partial charge in [-0.3, -0.25) is 0 Å². The highest BCUT2D eigenvalue weighted by atomic mass is 15.0. The lowest BCUT2D eigenvalue weighted by atomic mass is 9.76. The average molecular weight is 240 g/mol. The molecule has 0 saturated heterocycles. The van der Waals surface area contributed by atoms with Crippen molar-refractivity contribution >= 4 is 0 Å². The second-order valence-corrected chi connectivity index (χ2v) is 6.91. The van der Waals surface area contributed by atoms with Crippen LogP contribution in [0.4, 0.5) is 0 Å². The molecular weight excluding hydrogens is 208 g/mol. The Hall–Kier alpha value is -0.0800. The van der Waals surface area contributed by atoms with Gasteiger partial charge in [-0.15, -0.1) is 0 Å². The third kappa shape index (κ3) is 4.26. The molecule has 1 fully saturated rings. The Labute approximate surface area is 108 Å². The molecule has 1 saturated carbocycles. The van der Waals surface area contributed by atoms with Crippen LogP contribution in [0.15, 0.2) is 0 Å². The topological polar surface area (TPSA) is 38.0 Å². The lowest BCUT2D eigenvalue weighted by molar-refractivity contribution is 0.206. The van der Waals surface area contributed by atoms with Crippen LogP contribution in [0, 0.1) is 11.3 Å². The smallest absolute Gasteiger partial charge is 0.0304 e. The second-order valence-electron chi connectivity index (χ2n) is 6.91. The van der Waals surface area contributed by atoms with Gasteiger partial charge in [0.1, 0.15) is 0 Å². The molecule has 1 rings (SSSR count). The van der Waals surface area contributed by atoms with Crippen molar-refractivity contribution in [3.05, 3.63) is 0 Å². The van der Waals surface area contributed by atoms with Gasteiger partial charge in [-0.25, -0.2) is 0 Å². The molecule has 17 heavy (non-hydrogen) atoms. The molecule has 2 heteroatoms. The van der Waals surface area contributed by atoms with Crippen molar-refractivity contribution in [2.75, 3.05) is 13.1 Å².